The van der Waals surface area contributed by atoms with E-state index in [1.54, 1.807) is 0 Å². The molecule has 1 aliphatic carbocycles. The molecule has 4 nitrogen and oxygen atoms in total. The van der Waals surface area contributed by atoms with Gasteiger partial charge in [0.05, 0.1) is 5.02 Å². The Balaban J connectivity index is 2.16. The van der Waals surface area contributed by atoms with Gasteiger partial charge in [-0.15, -0.1) is 0 Å². The van der Waals surface area contributed by atoms with Crippen LogP contribution in [0.2, 0.25) is 5.02 Å². The van der Waals surface area contributed by atoms with Gasteiger partial charge in [-0.05, 0) is 30.0 Å². The molecule has 7 heteroatoms. The van der Waals surface area contributed by atoms with Crippen molar-refractivity contribution in [3.63, 3.8) is 0 Å². The van der Waals surface area contributed by atoms with Gasteiger partial charge >= 0.3 is 0 Å². The maximum absolute atomic E-state index is 11.9. The van der Waals surface area contributed by atoms with Crippen molar-refractivity contribution >= 4 is 42.9 Å². The van der Waals surface area contributed by atoms with Crippen LogP contribution < -0.4 is 5.32 Å². The van der Waals surface area contributed by atoms with Crippen LogP contribution in [0.4, 0.5) is 5.69 Å². The Morgan fingerprint density at radius 1 is 1.42 bits per heavy atom. The number of benzene rings is 1. The number of amides is 1. The van der Waals surface area contributed by atoms with Crippen LogP contribution in [0.25, 0.3) is 0 Å². The third kappa shape index (κ3) is 3.22. The molecule has 1 N–H and O–H groups in total. The molecule has 1 amide bonds. The second-order valence-corrected chi connectivity index (χ2v) is 8.26. The summed E-state index contributed by atoms with van der Waals surface area (Å²) in [6.07, 6.45) is 0.848. The molecule has 1 aromatic rings. The van der Waals surface area contributed by atoms with Gasteiger partial charge in [0.2, 0.25) is 5.91 Å². The Hall–Kier alpha value is -0.780. The SMILES string of the molecule is CC1(C)CC1C(=O)Nc1ccc(S(=O)(=O)Cl)c(Cl)c1. The second kappa shape index (κ2) is 4.65. The van der Waals surface area contributed by atoms with E-state index in [1.807, 2.05) is 13.8 Å². The predicted molar refractivity (Wildman–Crippen MR) is 75.0 cm³/mol. The number of hydrogen-bond acceptors (Lipinski definition) is 3. The van der Waals surface area contributed by atoms with Crippen molar-refractivity contribution in [2.75, 3.05) is 5.32 Å². The first-order valence-corrected chi connectivity index (χ1v) is 8.35. The highest BCUT2D eigenvalue weighted by atomic mass is 35.7. The molecule has 104 valence electrons. The molecule has 2 rings (SSSR count). The van der Waals surface area contributed by atoms with Crippen molar-refractivity contribution in [2.45, 2.75) is 25.2 Å². The van der Waals surface area contributed by atoms with Gasteiger partial charge in [0, 0.05) is 22.3 Å². The monoisotopic (exact) mass is 321 g/mol. The molecule has 1 saturated carbocycles. The van der Waals surface area contributed by atoms with E-state index in [-0.39, 0.29) is 27.2 Å². The van der Waals surface area contributed by atoms with E-state index in [4.69, 9.17) is 22.3 Å². The van der Waals surface area contributed by atoms with Crippen molar-refractivity contribution < 1.29 is 13.2 Å². The summed E-state index contributed by atoms with van der Waals surface area (Å²) in [6.45, 7) is 4.04. The summed E-state index contributed by atoms with van der Waals surface area (Å²) < 4.78 is 22.4. The quantitative estimate of drug-likeness (QED) is 0.869. The van der Waals surface area contributed by atoms with E-state index in [0.29, 0.717) is 5.69 Å². The molecule has 0 heterocycles. The fourth-order valence-corrected chi connectivity index (χ4v) is 3.45. The Morgan fingerprint density at radius 3 is 2.42 bits per heavy atom. The molecule has 0 radical (unpaired) electrons. The zero-order valence-corrected chi connectivity index (χ0v) is 12.7. The minimum Gasteiger partial charge on any atom is -0.326 e. The Morgan fingerprint density at radius 2 is 2.00 bits per heavy atom. The summed E-state index contributed by atoms with van der Waals surface area (Å²) in [4.78, 5) is 11.7. The van der Waals surface area contributed by atoms with Crippen LogP contribution in [0.5, 0.6) is 0 Å². The van der Waals surface area contributed by atoms with Crippen LogP contribution >= 0.6 is 22.3 Å². The molecule has 1 fully saturated rings. The summed E-state index contributed by atoms with van der Waals surface area (Å²) in [5.74, 6) is -0.0924. The lowest BCUT2D eigenvalue weighted by Crippen LogP contribution is -2.16. The highest BCUT2D eigenvalue weighted by Gasteiger charge is 2.50. The number of anilines is 1. The average molecular weight is 322 g/mol. The maximum atomic E-state index is 11.9. The summed E-state index contributed by atoms with van der Waals surface area (Å²) in [5, 5.41) is 2.71. The van der Waals surface area contributed by atoms with Crippen LogP contribution in [0.15, 0.2) is 23.1 Å². The largest absolute Gasteiger partial charge is 0.326 e. The zero-order valence-electron chi connectivity index (χ0n) is 10.4. The van der Waals surface area contributed by atoms with E-state index in [9.17, 15) is 13.2 Å². The average Bonchev–Trinajstić information content (AvgIpc) is 2.86. The predicted octanol–water partition coefficient (Wildman–Crippen LogP) is 3.25. The first-order chi connectivity index (χ1) is 8.61. The van der Waals surface area contributed by atoms with Gasteiger partial charge in [-0.25, -0.2) is 8.42 Å². The molecule has 1 atom stereocenters. The van der Waals surface area contributed by atoms with E-state index >= 15 is 0 Å². The van der Waals surface area contributed by atoms with Gasteiger partial charge in [-0.2, -0.15) is 0 Å². The van der Waals surface area contributed by atoms with Crippen molar-refractivity contribution in [3.8, 4) is 0 Å². The Bertz CT molecular complexity index is 640. The molecule has 0 saturated heterocycles. The molecule has 0 bridgehead atoms. The van der Waals surface area contributed by atoms with E-state index in [0.717, 1.165) is 6.42 Å². The number of hydrogen-bond donors (Lipinski definition) is 1. The third-order valence-electron chi connectivity index (χ3n) is 3.29. The van der Waals surface area contributed by atoms with Crippen molar-refractivity contribution in [1.29, 1.82) is 0 Å². The van der Waals surface area contributed by atoms with Crippen molar-refractivity contribution in [2.24, 2.45) is 11.3 Å². The molecule has 0 spiro atoms. The summed E-state index contributed by atoms with van der Waals surface area (Å²) in [5.41, 5.74) is 0.495. The molecule has 1 unspecified atom stereocenters. The van der Waals surface area contributed by atoms with Crippen molar-refractivity contribution in [3.05, 3.63) is 23.2 Å². The smallest absolute Gasteiger partial charge is 0.262 e. The maximum Gasteiger partial charge on any atom is 0.262 e. The number of halogens is 2. The third-order valence-corrected chi connectivity index (χ3v) is 5.10. The lowest BCUT2D eigenvalue weighted by molar-refractivity contribution is -0.118. The topological polar surface area (TPSA) is 63.2 Å². The van der Waals surface area contributed by atoms with Gasteiger partial charge in [0.1, 0.15) is 4.90 Å². The standard InChI is InChI=1S/C12H13Cl2NO3S/c1-12(2)6-8(12)11(16)15-7-3-4-10(9(13)5-7)19(14,17)18/h3-5,8H,6H2,1-2H3,(H,15,16). The van der Waals surface area contributed by atoms with E-state index in [2.05, 4.69) is 5.32 Å². The van der Waals surface area contributed by atoms with Crippen LogP contribution in [0, 0.1) is 11.3 Å². The van der Waals surface area contributed by atoms with Crippen LogP contribution in [0.3, 0.4) is 0 Å². The number of carbonyl (C=O) groups excluding carboxylic acids is 1. The minimum absolute atomic E-state index is 0.0112. The number of rotatable bonds is 3. The molecule has 0 aliphatic heterocycles. The van der Waals surface area contributed by atoms with Crippen LogP contribution in [-0.4, -0.2) is 14.3 Å². The molecule has 1 aliphatic rings. The van der Waals surface area contributed by atoms with Crippen LogP contribution in [0.1, 0.15) is 20.3 Å². The Kier molecular flexibility index (Phi) is 3.58. The highest BCUT2D eigenvalue weighted by Crippen LogP contribution is 2.52. The fourth-order valence-electron chi connectivity index (χ4n) is 1.92. The highest BCUT2D eigenvalue weighted by molar-refractivity contribution is 8.13. The molecule has 0 aromatic heterocycles. The Labute approximate surface area is 121 Å². The molecular weight excluding hydrogens is 309 g/mol. The normalized spacial score (nSPS) is 20.9. The summed E-state index contributed by atoms with van der Waals surface area (Å²) in [7, 11) is 1.35. The van der Waals surface area contributed by atoms with E-state index in [1.165, 1.54) is 18.2 Å². The van der Waals surface area contributed by atoms with Gasteiger partial charge in [0.15, 0.2) is 0 Å². The van der Waals surface area contributed by atoms with Gasteiger partial charge in [-0.3, -0.25) is 4.79 Å². The molecular formula is C12H13Cl2NO3S. The molecule has 19 heavy (non-hydrogen) atoms. The summed E-state index contributed by atoms with van der Waals surface area (Å²) >= 11 is 5.83. The molecule has 1 aromatic carbocycles. The van der Waals surface area contributed by atoms with Gasteiger partial charge in [0.25, 0.3) is 9.05 Å². The lowest BCUT2D eigenvalue weighted by Gasteiger charge is -2.08. The number of nitrogens with one attached hydrogen (secondary N) is 1. The second-order valence-electron chi connectivity index (χ2n) is 5.32. The fraction of sp³-hybridized carbons (Fsp3) is 0.417. The summed E-state index contributed by atoms with van der Waals surface area (Å²) in [6, 6.07) is 4.12. The first-order valence-electron chi connectivity index (χ1n) is 5.66. The van der Waals surface area contributed by atoms with Gasteiger partial charge in [-0.1, -0.05) is 25.4 Å². The van der Waals surface area contributed by atoms with Crippen molar-refractivity contribution in [1.82, 2.24) is 0 Å². The van der Waals surface area contributed by atoms with Crippen LogP contribution in [-0.2, 0) is 13.8 Å². The van der Waals surface area contributed by atoms with E-state index < -0.39 is 9.05 Å². The van der Waals surface area contributed by atoms with Gasteiger partial charge < -0.3 is 5.32 Å². The minimum atomic E-state index is -3.87. The lowest BCUT2D eigenvalue weighted by atomic mass is 10.1. The first kappa shape index (κ1) is 14.6. The zero-order chi connectivity index (χ0) is 14.4. The number of carbonyl (C=O) groups is 1.